The average Bonchev–Trinajstić information content (AvgIpc) is 3.20. The van der Waals surface area contributed by atoms with Gasteiger partial charge in [0.25, 0.3) is 5.91 Å². The number of carbonyl (C=O) groups is 1. The molecule has 2 aromatic carbocycles. The smallest absolute Gasteiger partial charge is 0.366 e. The summed E-state index contributed by atoms with van der Waals surface area (Å²) >= 11 is 6.14. The zero-order valence-electron chi connectivity index (χ0n) is 16.1. The van der Waals surface area contributed by atoms with Gasteiger partial charge in [0.05, 0.1) is 16.4 Å². The first-order chi connectivity index (χ1) is 14.8. The van der Waals surface area contributed by atoms with Gasteiger partial charge in [0, 0.05) is 32.2 Å². The van der Waals surface area contributed by atoms with Crippen LogP contribution in [-0.4, -0.2) is 46.8 Å². The van der Waals surface area contributed by atoms with Crippen molar-refractivity contribution in [3.8, 4) is 5.69 Å². The Kier molecular flexibility index (Phi) is 5.62. The zero-order valence-corrected chi connectivity index (χ0v) is 16.9. The molecule has 1 fully saturated rings. The molecular weight excluding hydrogens is 436 g/mol. The molecular formula is C21H17ClF4N4O. The molecule has 0 unspecified atom stereocenters. The van der Waals surface area contributed by atoms with E-state index in [0.29, 0.717) is 18.8 Å². The van der Waals surface area contributed by atoms with Gasteiger partial charge in [0.2, 0.25) is 0 Å². The highest BCUT2D eigenvalue weighted by molar-refractivity contribution is 6.32. The van der Waals surface area contributed by atoms with Crippen molar-refractivity contribution in [2.45, 2.75) is 6.18 Å². The molecule has 3 aromatic rings. The number of halogens is 5. The van der Waals surface area contributed by atoms with Crippen LogP contribution in [0.5, 0.6) is 0 Å². The Balaban J connectivity index is 1.61. The molecule has 2 heterocycles. The van der Waals surface area contributed by atoms with Crippen LogP contribution in [-0.2, 0) is 6.18 Å². The number of amides is 1. The molecule has 162 valence electrons. The largest absolute Gasteiger partial charge is 0.435 e. The Morgan fingerprint density at radius 2 is 1.55 bits per heavy atom. The lowest BCUT2D eigenvalue weighted by molar-refractivity contribution is -0.141. The molecule has 0 bridgehead atoms. The molecule has 0 atom stereocenters. The van der Waals surface area contributed by atoms with E-state index >= 15 is 0 Å². The van der Waals surface area contributed by atoms with Crippen molar-refractivity contribution >= 4 is 23.2 Å². The van der Waals surface area contributed by atoms with Gasteiger partial charge < -0.3 is 9.80 Å². The Labute approximate surface area is 180 Å². The van der Waals surface area contributed by atoms with E-state index in [4.69, 9.17) is 11.6 Å². The molecule has 5 nitrogen and oxygen atoms in total. The third-order valence-corrected chi connectivity index (χ3v) is 5.38. The fourth-order valence-electron chi connectivity index (χ4n) is 3.50. The van der Waals surface area contributed by atoms with Gasteiger partial charge in [-0.05, 0) is 24.3 Å². The first-order valence-electron chi connectivity index (χ1n) is 9.46. The number of hydrogen-bond donors (Lipinski definition) is 0. The van der Waals surface area contributed by atoms with E-state index in [0.717, 1.165) is 10.7 Å². The highest BCUT2D eigenvalue weighted by atomic mass is 35.5. The zero-order chi connectivity index (χ0) is 22.2. The van der Waals surface area contributed by atoms with Gasteiger partial charge >= 0.3 is 6.18 Å². The molecule has 1 aliphatic heterocycles. The molecule has 1 amide bonds. The van der Waals surface area contributed by atoms with Crippen LogP contribution < -0.4 is 4.90 Å². The molecule has 0 saturated carbocycles. The second-order valence-corrected chi connectivity index (χ2v) is 7.41. The summed E-state index contributed by atoms with van der Waals surface area (Å²) in [5, 5.41) is 3.77. The summed E-state index contributed by atoms with van der Waals surface area (Å²) in [6.45, 7) is 1.14. The lowest BCUT2D eigenvalue weighted by Gasteiger charge is -2.36. The first kappa shape index (κ1) is 21.2. The summed E-state index contributed by atoms with van der Waals surface area (Å²) in [6.07, 6.45) is -4.72. The summed E-state index contributed by atoms with van der Waals surface area (Å²) in [7, 11) is 0. The predicted octanol–water partition coefficient (Wildman–Crippen LogP) is 4.65. The lowest BCUT2D eigenvalue weighted by Crippen LogP contribution is -2.49. The fourth-order valence-corrected chi connectivity index (χ4v) is 3.72. The van der Waals surface area contributed by atoms with Gasteiger partial charge in [-0.3, -0.25) is 4.79 Å². The molecule has 0 spiro atoms. The number of piperazine rings is 1. The maximum atomic E-state index is 14.0. The van der Waals surface area contributed by atoms with Crippen LogP contribution in [0.2, 0.25) is 5.02 Å². The van der Waals surface area contributed by atoms with Crippen molar-refractivity contribution in [2.24, 2.45) is 0 Å². The van der Waals surface area contributed by atoms with Gasteiger partial charge in [-0.15, -0.1) is 0 Å². The summed E-state index contributed by atoms with van der Waals surface area (Å²) in [5.41, 5.74) is -0.816. The Hall–Kier alpha value is -3.07. The van der Waals surface area contributed by atoms with Gasteiger partial charge in [-0.2, -0.15) is 18.3 Å². The molecule has 10 heteroatoms. The SMILES string of the molecule is O=C(c1cc(C(F)(F)F)nn1-c1ccccc1Cl)N1CCN(c2ccccc2F)CC1. The molecule has 0 radical (unpaired) electrons. The third kappa shape index (κ3) is 4.23. The maximum Gasteiger partial charge on any atom is 0.435 e. The Bertz CT molecular complexity index is 1110. The molecule has 1 saturated heterocycles. The van der Waals surface area contributed by atoms with Crippen LogP contribution in [0.25, 0.3) is 5.69 Å². The topological polar surface area (TPSA) is 41.4 Å². The van der Waals surface area contributed by atoms with E-state index in [2.05, 4.69) is 5.10 Å². The van der Waals surface area contributed by atoms with Crippen molar-refractivity contribution in [3.05, 3.63) is 76.8 Å². The number of nitrogens with zero attached hydrogens (tertiary/aromatic N) is 4. The monoisotopic (exact) mass is 452 g/mol. The second kappa shape index (κ2) is 8.22. The third-order valence-electron chi connectivity index (χ3n) is 5.06. The lowest BCUT2D eigenvalue weighted by atomic mass is 10.2. The van der Waals surface area contributed by atoms with E-state index in [-0.39, 0.29) is 35.3 Å². The van der Waals surface area contributed by atoms with Crippen LogP contribution in [0, 0.1) is 5.82 Å². The van der Waals surface area contributed by atoms with Gasteiger partial charge in [-0.25, -0.2) is 9.07 Å². The van der Waals surface area contributed by atoms with Crippen LogP contribution in [0.1, 0.15) is 16.2 Å². The second-order valence-electron chi connectivity index (χ2n) is 7.01. The van der Waals surface area contributed by atoms with Crippen molar-refractivity contribution in [1.29, 1.82) is 0 Å². The molecule has 0 aliphatic carbocycles. The number of para-hydroxylation sites is 2. The van der Waals surface area contributed by atoms with Gasteiger partial charge in [0.15, 0.2) is 5.69 Å². The van der Waals surface area contributed by atoms with Crippen LogP contribution in [0.4, 0.5) is 23.2 Å². The van der Waals surface area contributed by atoms with Crippen molar-refractivity contribution in [3.63, 3.8) is 0 Å². The highest BCUT2D eigenvalue weighted by Gasteiger charge is 2.37. The molecule has 4 rings (SSSR count). The van der Waals surface area contributed by atoms with Crippen LogP contribution >= 0.6 is 11.6 Å². The van der Waals surface area contributed by atoms with Crippen LogP contribution in [0.3, 0.4) is 0 Å². The number of carbonyl (C=O) groups excluding carboxylic acids is 1. The minimum Gasteiger partial charge on any atom is -0.366 e. The predicted molar refractivity (Wildman–Crippen MR) is 108 cm³/mol. The molecule has 31 heavy (non-hydrogen) atoms. The Morgan fingerprint density at radius 1 is 0.935 bits per heavy atom. The summed E-state index contributed by atoms with van der Waals surface area (Å²) in [5.74, 6) is -0.968. The quantitative estimate of drug-likeness (QED) is 0.543. The molecule has 1 aromatic heterocycles. The first-order valence-corrected chi connectivity index (χ1v) is 9.84. The number of benzene rings is 2. The number of aromatic nitrogens is 2. The van der Waals surface area contributed by atoms with Gasteiger partial charge in [-0.1, -0.05) is 35.9 Å². The van der Waals surface area contributed by atoms with Crippen molar-refractivity contribution < 1.29 is 22.4 Å². The standard InChI is InChI=1S/C21H17ClF4N4O/c22-14-5-1-3-7-16(14)30-18(13-19(27-30)21(24,25)26)20(31)29-11-9-28(10-12-29)17-8-4-2-6-15(17)23/h1-8,13H,9-12H2. The summed E-state index contributed by atoms with van der Waals surface area (Å²) < 4.78 is 54.9. The number of rotatable bonds is 3. The van der Waals surface area contributed by atoms with E-state index < -0.39 is 17.8 Å². The normalized spacial score (nSPS) is 14.7. The van der Waals surface area contributed by atoms with Crippen molar-refractivity contribution in [1.82, 2.24) is 14.7 Å². The minimum atomic E-state index is -4.72. The maximum absolute atomic E-state index is 14.0. The average molecular weight is 453 g/mol. The highest BCUT2D eigenvalue weighted by Crippen LogP contribution is 2.31. The van der Waals surface area contributed by atoms with E-state index in [1.165, 1.54) is 23.1 Å². The molecule has 1 aliphatic rings. The number of alkyl halides is 3. The van der Waals surface area contributed by atoms with E-state index in [1.54, 1.807) is 35.2 Å². The van der Waals surface area contributed by atoms with E-state index in [9.17, 15) is 22.4 Å². The van der Waals surface area contributed by atoms with Crippen molar-refractivity contribution in [2.75, 3.05) is 31.1 Å². The number of anilines is 1. The van der Waals surface area contributed by atoms with E-state index in [1.807, 2.05) is 0 Å². The minimum absolute atomic E-state index is 0.165. The van der Waals surface area contributed by atoms with Crippen LogP contribution in [0.15, 0.2) is 54.6 Å². The summed E-state index contributed by atoms with van der Waals surface area (Å²) in [4.78, 5) is 16.3. The number of hydrogen-bond acceptors (Lipinski definition) is 3. The molecule has 0 N–H and O–H groups in total. The Morgan fingerprint density at radius 3 is 2.16 bits per heavy atom. The summed E-state index contributed by atoms with van der Waals surface area (Å²) in [6, 6.07) is 13.3. The fraction of sp³-hybridized carbons (Fsp3) is 0.238. The van der Waals surface area contributed by atoms with Gasteiger partial charge in [0.1, 0.15) is 11.5 Å².